The second-order valence-corrected chi connectivity index (χ2v) is 6.82. The van der Waals surface area contributed by atoms with Gasteiger partial charge in [0.1, 0.15) is 5.82 Å². The number of rotatable bonds is 4. The molecule has 1 aromatic heterocycles. The average molecular weight is 338 g/mol. The van der Waals surface area contributed by atoms with Crippen LogP contribution in [-0.2, 0) is 24.3 Å². The largest absolute Gasteiger partial charge is 0.347 e. The van der Waals surface area contributed by atoms with Crippen LogP contribution in [-0.4, -0.2) is 38.9 Å². The molecule has 0 bridgehead atoms. The minimum Gasteiger partial charge on any atom is -0.347 e. The number of nitrogens with one attached hydrogen (secondary N) is 1. The molecule has 2 aromatic rings. The van der Waals surface area contributed by atoms with Gasteiger partial charge in [0.25, 0.3) is 5.91 Å². The van der Waals surface area contributed by atoms with Gasteiger partial charge in [-0.05, 0) is 30.5 Å². The molecule has 0 saturated carbocycles. The maximum atomic E-state index is 12.5. The van der Waals surface area contributed by atoms with Gasteiger partial charge in [-0.1, -0.05) is 12.1 Å². The summed E-state index contributed by atoms with van der Waals surface area (Å²) < 4.78 is 2.10. The van der Waals surface area contributed by atoms with Crippen molar-refractivity contribution in [1.82, 2.24) is 19.8 Å². The Balaban J connectivity index is 1.35. The van der Waals surface area contributed by atoms with Gasteiger partial charge in [0.15, 0.2) is 0 Å². The van der Waals surface area contributed by atoms with Crippen LogP contribution >= 0.6 is 0 Å². The van der Waals surface area contributed by atoms with E-state index in [9.17, 15) is 9.59 Å². The number of likely N-dealkylation sites (tertiary alicyclic amines) is 1. The van der Waals surface area contributed by atoms with Crippen LogP contribution in [0.3, 0.4) is 0 Å². The van der Waals surface area contributed by atoms with Gasteiger partial charge in [0.2, 0.25) is 5.91 Å². The highest BCUT2D eigenvalue weighted by Crippen LogP contribution is 2.16. The smallest absolute Gasteiger partial charge is 0.251 e. The number of amides is 2. The summed E-state index contributed by atoms with van der Waals surface area (Å²) >= 11 is 0. The molecule has 2 amide bonds. The number of aromatic nitrogens is 2. The molecule has 0 aliphatic carbocycles. The first-order valence-corrected chi connectivity index (χ1v) is 8.86. The lowest BCUT2D eigenvalue weighted by Gasteiger charge is -2.24. The zero-order chi connectivity index (χ0) is 17.2. The molecule has 6 nitrogen and oxygen atoms in total. The highest BCUT2D eigenvalue weighted by atomic mass is 16.2. The summed E-state index contributed by atoms with van der Waals surface area (Å²) in [5.41, 5.74) is 1.72. The molecule has 2 aliphatic heterocycles. The van der Waals surface area contributed by atoms with Crippen molar-refractivity contribution in [1.29, 1.82) is 0 Å². The lowest BCUT2D eigenvalue weighted by molar-refractivity contribution is -0.128. The second kappa shape index (κ2) is 6.70. The van der Waals surface area contributed by atoms with Crippen LogP contribution < -0.4 is 5.32 Å². The first-order chi connectivity index (χ1) is 12.2. The predicted molar refractivity (Wildman–Crippen MR) is 92.9 cm³/mol. The Morgan fingerprint density at radius 3 is 2.84 bits per heavy atom. The minimum atomic E-state index is -0.0441. The highest BCUT2D eigenvalue weighted by Gasteiger charge is 2.22. The summed E-state index contributed by atoms with van der Waals surface area (Å²) in [7, 11) is 0. The Kier molecular flexibility index (Phi) is 4.26. The predicted octanol–water partition coefficient (Wildman–Crippen LogP) is 1.75. The van der Waals surface area contributed by atoms with Crippen LogP contribution in [0.4, 0.5) is 0 Å². The van der Waals surface area contributed by atoms with E-state index in [0.29, 0.717) is 18.5 Å². The highest BCUT2D eigenvalue weighted by molar-refractivity contribution is 5.94. The fraction of sp³-hybridized carbons (Fsp3) is 0.421. The standard InChI is InChI=1S/C19H22N4O2/c24-18-2-1-10-23(18)12-14-3-5-15(6-4-14)19(25)21-16-7-8-17-20-9-11-22(17)13-16/h3-6,9,11,16H,1-2,7-8,10,12-13H2,(H,21,25)/t16-/m0/s1. The summed E-state index contributed by atoms with van der Waals surface area (Å²) in [6.07, 6.45) is 7.17. The summed E-state index contributed by atoms with van der Waals surface area (Å²) in [6.45, 7) is 2.24. The van der Waals surface area contributed by atoms with Crippen molar-refractivity contribution in [3.8, 4) is 0 Å². The maximum absolute atomic E-state index is 12.5. The normalized spacial score (nSPS) is 19.8. The van der Waals surface area contributed by atoms with Gasteiger partial charge in [0, 0.05) is 56.5 Å². The molecule has 1 aromatic carbocycles. The van der Waals surface area contributed by atoms with E-state index in [4.69, 9.17) is 0 Å². The Morgan fingerprint density at radius 1 is 1.24 bits per heavy atom. The van der Waals surface area contributed by atoms with Crippen molar-refractivity contribution in [3.05, 3.63) is 53.6 Å². The molecular weight excluding hydrogens is 316 g/mol. The van der Waals surface area contributed by atoms with Gasteiger partial charge in [-0.15, -0.1) is 0 Å². The number of imidazole rings is 1. The Hall–Kier alpha value is -2.63. The summed E-state index contributed by atoms with van der Waals surface area (Å²) in [6, 6.07) is 7.70. The number of nitrogens with zero attached hydrogens (tertiary/aromatic N) is 3. The number of hydrogen-bond acceptors (Lipinski definition) is 3. The van der Waals surface area contributed by atoms with Crippen molar-refractivity contribution in [2.24, 2.45) is 0 Å². The zero-order valence-corrected chi connectivity index (χ0v) is 14.1. The van der Waals surface area contributed by atoms with Gasteiger partial charge >= 0.3 is 0 Å². The lowest BCUT2D eigenvalue weighted by Crippen LogP contribution is -2.40. The van der Waals surface area contributed by atoms with E-state index in [1.807, 2.05) is 41.6 Å². The number of carbonyl (C=O) groups is 2. The number of fused-ring (bicyclic) bond motifs is 1. The molecular formula is C19H22N4O2. The molecule has 25 heavy (non-hydrogen) atoms. The van der Waals surface area contributed by atoms with E-state index >= 15 is 0 Å². The molecule has 1 fully saturated rings. The molecule has 0 unspecified atom stereocenters. The second-order valence-electron chi connectivity index (χ2n) is 6.82. The van der Waals surface area contributed by atoms with Crippen LogP contribution in [0, 0.1) is 0 Å². The van der Waals surface area contributed by atoms with Crippen molar-refractivity contribution in [3.63, 3.8) is 0 Å². The van der Waals surface area contributed by atoms with Crippen molar-refractivity contribution >= 4 is 11.8 Å². The van der Waals surface area contributed by atoms with E-state index < -0.39 is 0 Å². The van der Waals surface area contributed by atoms with Crippen LogP contribution in [0.2, 0.25) is 0 Å². The average Bonchev–Trinajstić information content (AvgIpc) is 3.24. The molecule has 1 N–H and O–H groups in total. The summed E-state index contributed by atoms with van der Waals surface area (Å²) in [5.74, 6) is 1.27. The lowest BCUT2D eigenvalue weighted by atomic mass is 10.1. The third-order valence-corrected chi connectivity index (χ3v) is 5.03. The van der Waals surface area contributed by atoms with Gasteiger partial charge in [-0.2, -0.15) is 0 Å². The van der Waals surface area contributed by atoms with Gasteiger partial charge in [0.05, 0.1) is 0 Å². The summed E-state index contributed by atoms with van der Waals surface area (Å²) in [4.78, 5) is 30.4. The number of benzene rings is 1. The SMILES string of the molecule is O=C(N[C@H]1CCc2nccn2C1)c1ccc(CN2CCCC2=O)cc1. The molecule has 1 atom stereocenters. The summed E-state index contributed by atoms with van der Waals surface area (Å²) in [5, 5.41) is 3.11. The first-order valence-electron chi connectivity index (χ1n) is 8.86. The van der Waals surface area contributed by atoms with E-state index in [-0.39, 0.29) is 17.9 Å². The van der Waals surface area contributed by atoms with E-state index in [2.05, 4.69) is 14.9 Å². The Labute approximate surface area is 146 Å². The minimum absolute atomic E-state index is 0.0441. The fourth-order valence-electron chi connectivity index (χ4n) is 3.61. The fourth-order valence-corrected chi connectivity index (χ4v) is 3.61. The van der Waals surface area contributed by atoms with Gasteiger partial charge in [-0.25, -0.2) is 4.98 Å². The first kappa shape index (κ1) is 15.9. The topological polar surface area (TPSA) is 67.2 Å². The Bertz CT molecular complexity index is 781. The number of carbonyl (C=O) groups excluding carboxylic acids is 2. The molecule has 1 saturated heterocycles. The third kappa shape index (κ3) is 3.43. The van der Waals surface area contributed by atoms with E-state index in [0.717, 1.165) is 43.7 Å². The maximum Gasteiger partial charge on any atom is 0.251 e. The third-order valence-electron chi connectivity index (χ3n) is 5.03. The quantitative estimate of drug-likeness (QED) is 0.923. The van der Waals surface area contributed by atoms with Crippen LogP contribution in [0.25, 0.3) is 0 Å². The van der Waals surface area contributed by atoms with Crippen LogP contribution in [0.5, 0.6) is 0 Å². The number of hydrogen-bond donors (Lipinski definition) is 1. The van der Waals surface area contributed by atoms with Gasteiger partial charge in [-0.3, -0.25) is 9.59 Å². The van der Waals surface area contributed by atoms with Crippen LogP contribution in [0.1, 0.15) is 41.0 Å². The molecule has 4 rings (SSSR count). The Morgan fingerprint density at radius 2 is 2.08 bits per heavy atom. The van der Waals surface area contributed by atoms with Crippen molar-refractivity contribution in [2.75, 3.05) is 6.54 Å². The number of aryl methyl sites for hydroxylation is 1. The van der Waals surface area contributed by atoms with E-state index in [1.54, 1.807) is 0 Å². The molecule has 3 heterocycles. The monoisotopic (exact) mass is 338 g/mol. The molecule has 130 valence electrons. The molecule has 0 radical (unpaired) electrons. The van der Waals surface area contributed by atoms with E-state index in [1.165, 1.54) is 0 Å². The molecule has 6 heteroatoms. The van der Waals surface area contributed by atoms with Crippen molar-refractivity contribution < 1.29 is 9.59 Å². The molecule has 0 spiro atoms. The van der Waals surface area contributed by atoms with Crippen molar-refractivity contribution in [2.45, 2.75) is 44.8 Å². The molecule has 2 aliphatic rings. The zero-order valence-electron chi connectivity index (χ0n) is 14.1. The van der Waals surface area contributed by atoms with Gasteiger partial charge < -0.3 is 14.8 Å². The van der Waals surface area contributed by atoms with Crippen LogP contribution in [0.15, 0.2) is 36.7 Å².